The van der Waals surface area contributed by atoms with Crippen molar-refractivity contribution in [2.75, 3.05) is 13.1 Å². The van der Waals surface area contributed by atoms with E-state index in [0.29, 0.717) is 3.79 Å². The summed E-state index contributed by atoms with van der Waals surface area (Å²) in [5, 5.41) is 17.4. The van der Waals surface area contributed by atoms with Crippen molar-refractivity contribution in [3.8, 4) is 12.1 Å². The Morgan fingerprint density at radius 3 is 2.29 bits per heavy atom. The molecule has 0 spiro atoms. The number of halogens is 2. The Kier molecular flexibility index (Phi) is 4.92. The highest BCUT2D eigenvalue weighted by Gasteiger charge is 2.26. The zero-order valence-corrected chi connectivity index (χ0v) is 12.2. The van der Waals surface area contributed by atoms with Crippen molar-refractivity contribution < 1.29 is 8.42 Å². The molecule has 0 saturated heterocycles. The van der Waals surface area contributed by atoms with Crippen LogP contribution in [-0.2, 0) is 10.0 Å². The second-order valence-corrected chi connectivity index (χ2v) is 7.72. The van der Waals surface area contributed by atoms with E-state index in [2.05, 4.69) is 15.9 Å². The average Bonchev–Trinajstić information content (AvgIpc) is 2.59. The van der Waals surface area contributed by atoms with E-state index < -0.39 is 10.0 Å². The van der Waals surface area contributed by atoms with Crippen LogP contribution in [-0.4, -0.2) is 25.8 Å². The van der Waals surface area contributed by atoms with Crippen LogP contribution < -0.4 is 0 Å². The topological polar surface area (TPSA) is 85.0 Å². The maximum atomic E-state index is 12.0. The lowest BCUT2D eigenvalue weighted by Gasteiger charge is -2.13. The lowest BCUT2D eigenvalue weighted by Crippen LogP contribution is -2.31. The monoisotopic (exact) mass is 353 g/mol. The number of thiophene rings is 1. The van der Waals surface area contributed by atoms with Crippen LogP contribution >= 0.6 is 38.9 Å². The van der Waals surface area contributed by atoms with Crippen LogP contribution in [0.15, 0.2) is 14.1 Å². The highest BCUT2D eigenvalue weighted by molar-refractivity contribution is 9.11. The van der Waals surface area contributed by atoms with Gasteiger partial charge < -0.3 is 0 Å². The van der Waals surface area contributed by atoms with E-state index in [1.54, 1.807) is 12.1 Å². The van der Waals surface area contributed by atoms with Gasteiger partial charge in [0.25, 0.3) is 10.0 Å². The maximum Gasteiger partial charge on any atom is 0.254 e. The van der Waals surface area contributed by atoms with Crippen molar-refractivity contribution in [1.82, 2.24) is 4.31 Å². The largest absolute Gasteiger partial charge is 0.254 e. The molecule has 1 aromatic heterocycles. The number of nitrogens with zero attached hydrogens (tertiary/aromatic N) is 3. The molecule has 0 N–H and O–H groups in total. The molecule has 0 unspecified atom stereocenters. The molecule has 1 aromatic rings. The van der Waals surface area contributed by atoms with Crippen LogP contribution in [0.3, 0.4) is 0 Å². The van der Waals surface area contributed by atoms with Crippen molar-refractivity contribution in [3.63, 3.8) is 0 Å². The molecule has 0 bridgehead atoms. The molecule has 0 aliphatic heterocycles. The molecule has 17 heavy (non-hydrogen) atoms. The first-order valence-electron chi connectivity index (χ1n) is 4.12. The average molecular weight is 355 g/mol. The number of hydrogen-bond donors (Lipinski definition) is 0. The number of sulfonamides is 1. The minimum Gasteiger partial charge on any atom is -0.206 e. The van der Waals surface area contributed by atoms with Crippen molar-refractivity contribution >= 4 is 48.9 Å². The third-order valence-corrected chi connectivity index (χ3v) is 6.43. The van der Waals surface area contributed by atoms with Gasteiger partial charge in [-0.05, 0) is 22.0 Å². The van der Waals surface area contributed by atoms with Crippen molar-refractivity contribution in [2.24, 2.45) is 0 Å². The fraction of sp³-hybridized carbons (Fsp3) is 0.250. The summed E-state index contributed by atoms with van der Waals surface area (Å²) < 4.78 is 25.4. The number of hydrogen-bond acceptors (Lipinski definition) is 5. The predicted octanol–water partition coefficient (Wildman–Crippen LogP) is 2.20. The molecule has 0 saturated carbocycles. The van der Waals surface area contributed by atoms with E-state index >= 15 is 0 Å². The minimum atomic E-state index is -3.83. The Labute approximate surface area is 116 Å². The zero-order chi connectivity index (χ0) is 13.1. The molecule has 1 rings (SSSR count). The van der Waals surface area contributed by atoms with Gasteiger partial charge in [0.05, 0.1) is 20.9 Å². The Bertz CT molecular complexity index is 564. The molecule has 90 valence electrons. The second kappa shape index (κ2) is 5.80. The molecule has 9 heteroatoms. The molecule has 0 aromatic carbocycles. The Balaban J connectivity index is 3.18. The lowest BCUT2D eigenvalue weighted by molar-refractivity contribution is 0.481. The number of nitriles is 2. The van der Waals surface area contributed by atoms with Gasteiger partial charge in [-0.15, -0.1) is 11.3 Å². The van der Waals surface area contributed by atoms with Gasteiger partial charge in [0.15, 0.2) is 0 Å². The van der Waals surface area contributed by atoms with Gasteiger partial charge >= 0.3 is 0 Å². The van der Waals surface area contributed by atoms with Crippen molar-refractivity contribution in [1.29, 1.82) is 10.5 Å². The summed E-state index contributed by atoms with van der Waals surface area (Å²) in [6, 6.07) is 4.70. The van der Waals surface area contributed by atoms with Crippen molar-refractivity contribution in [2.45, 2.75) is 4.21 Å². The number of rotatable bonds is 4. The normalized spacial score (nSPS) is 11.1. The Morgan fingerprint density at radius 1 is 1.41 bits per heavy atom. The van der Waals surface area contributed by atoms with E-state index in [1.165, 1.54) is 6.07 Å². The minimum absolute atomic E-state index is 0.000116. The zero-order valence-electron chi connectivity index (χ0n) is 8.22. The molecule has 0 amide bonds. The first-order valence-corrected chi connectivity index (χ1v) is 7.55. The third-order valence-electron chi connectivity index (χ3n) is 1.71. The van der Waals surface area contributed by atoms with Gasteiger partial charge in [-0.25, -0.2) is 8.42 Å². The van der Waals surface area contributed by atoms with E-state index in [-0.39, 0.29) is 22.3 Å². The van der Waals surface area contributed by atoms with Gasteiger partial charge in [0.1, 0.15) is 17.3 Å². The fourth-order valence-electron chi connectivity index (χ4n) is 0.965. The van der Waals surface area contributed by atoms with Crippen LogP contribution in [0.2, 0.25) is 5.02 Å². The summed E-state index contributed by atoms with van der Waals surface area (Å²) >= 11 is 9.79. The Hall–Kier alpha value is -0.640. The predicted molar refractivity (Wildman–Crippen MR) is 67.0 cm³/mol. The smallest absolute Gasteiger partial charge is 0.206 e. The standard InChI is InChI=1S/C8H5BrClN3O2S2/c9-8-6(10)5-7(16-8)17(14,15)13(3-1-11)4-2-12/h5H,3-4H2. The molecular weight excluding hydrogens is 350 g/mol. The van der Waals surface area contributed by atoms with Crippen LogP contribution in [0.4, 0.5) is 0 Å². The van der Waals surface area contributed by atoms with Crippen LogP contribution in [0, 0.1) is 22.7 Å². The summed E-state index contributed by atoms with van der Waals surface area (Å²) in [6.45, 7) is -0.744. The van der Waals surface area contributed by atoms with Gasteiger partial charge in [-0.1, -0.05) is 11.6 Å². The van der Waals surface area contributed by atoms with Crippen LogP contribution in [0.25, 0.3) is 0 Å². The molecule has 0 fully saturated rings. The SMILES string of the molecule is N#CCN(CC#N)S(=O)(=O)c1cc(Cl)c(Br)s1. The van der Waals surface area contributed by atoms with E-state index in [1.807, 2.05) is 0 Å². The third kappa shape index (κ3) is 3.18. The summed E-state index contributed by atoms with van der Waals surface area (Å²) in [4.78, 5) is 0. The Morgan fingerprint density at radius 2 is 1.94 bits per heavy atom. The summed E-state index contributed by atoms with van der Waals surface area (Å²) in [5.41, 5.74) is 0. The summed E-state index contributed by atoms with van der Waals surface area (Å²) in [7, 11) is -3.83. The van der Waals surface area contributed by atoms with Crippen LogP contribution in [0.5, 0.6) is 0 Å². The molecule has 0 aliphatic rings. The quantitative estimate of drug-likeness (QED) is 0.776. The van der Waals surface area contributed by atoms with E-state index in [4.69, 9.17) is 22.1 Å². The molecule has 0 radical (unpaired) electrons. The van der Waals surface area contributed by atoms with Gasteiger partial charge in [-0.3, -0.25) is 0 Å². The maximum absolute atomic E-state index is 12.0. The van der Waals surface area contributed by atoms with Gasteiger partial charge in [-0.2, -0.15) is 14.8 Å². The highest BCUT2D eigenvalue weighted by atomic mass is 79.9. The fourth-order valence-corrected chi connectivity index (χ4v) is 4.75. The molecule has 1 heterocycles. The van der Waals surface area contributed by atoms with Crippen molar-refractivity contribution in [3.05, 3.63) is 14.9 Å². The molecule has 0 atom stereocenters. The molecule has 0 aliphatic carbocycles. The van der Waals surface area contributed by atoms with Gasteiger partial charge in [0, 0.05) is 0 Å². The second-order valence-electron chi connectivity index (χ2n) is 2.78. The van der Waals surface area contributed by atoms with E-state index in [0.717, 1.165) is 15.6 Å². The van der Waals surface area contributed by atoms with Crippen LogP contribution in [0.1, 0.15) is 0 Å². The molecule has 5 nitrogen and oxygen atoms in total. The first-order chi connectivity index (χ1) is 7.93. The summed E-state index contributed by atoms with van der Waals surface area (Å²) in [5.74, 6) is 0. The lowest BCUT2D eigenvalue weighted by atomic mass is 10.6. The summed E-state index contributed by atoms with van der Waals surface area (Å²) in [6.07, 6.45) is 0. The van der Waals surface area contributed by atoms with Gasteiger partial charge in [0.2, 0.25) is 0 Å². The molecular formula is C8H5BrClN3O2S2. The van der Waals surface area contributed by atoms with E-state index in [9.17, 15) is 8.42 Å². The first kappa shape index (κ1) is 14.4. The highest BCUT2D eigenvalue weighted by Crippen LogP contribution is 2.35.